The monoisotopic (exact) mass is 486 g/mol. The molecule has 1 aliphatic rings. The fourth-order valence-electron chi connectivity index (χ4n) is 4.72. The third-order valence-corrected chi connectivity index (χ3v) is 8.36. The standard InChI is InChI=1S/C25H29ClN3O3S/c1-4-29(5-2)24-22(32-13-12-27)11-10-20(23(24)21-15-18(26)16-28-25(21)29)17-8-7-9-19(14-17)33(30,31)6-3/h7-11,14-16H,4-6,12-13,27H2,1-3H3/q+1. The molecule has 0 fully saturated rings. The quantitative estimate of drug-likeness (QED) is 0.443. The molecule has 2 aromatic carbocycles. The molecule has 0 saturated heterocycles. The molecule has 0 saturated carbocycles. The van der Waals surface area contributed by atoms with Crippen molar-refractivity contribution in [2.24, 2.45) is 5.73 Å². The molecule has 8 heteroatoms. The van der Waals surface area contributed by atoms with Crippen LogP contribution in [0.2, 0.25) is 5.02 Å². The number of aromatic nitrogens is 1. The van der Waals surface area contributed by atoms with Crippen molar-refractivity contribution >= 4 is 32.9 Å². The van der Waals surface area contributed by atoms with Gasteiger partial charge < -0.3 is 10.5 Å². The van der Waals surface area contributed by atoms with Gasteiger partial charge in [-0.05, 0) is 55.3 Å². The molecular weight excluding hydrogens is 458 g/mol. The molecule has 4 rings (SSSR count). The first-order valence-corrected chi connectivity index (χ1v) is 13.2. The van der Waals surface area contributed by atoms with Gasteiger partial charge in [-0.2, -0.15) is 0 Å². The summed E-state index contributed by atoms with van der Waals surface area (Å²) < 4.78 is 31.8. The van der Waals surface area contributed by atoms with Gasteiger partial charge in [0.2, 0.25) is 5.82 Å². The van der Waals surface area contributed by atoms with E-state index in [1.807, 2.05) is 24.3 Å². The van der Waals surface area contributed by atoms with Crippen molar-refractivity contribution in [2.45, 2.75) is 25.7 Å². The number of nitrogens with two attached hydrogens (primary N) is 1. The number of nitrogens with zero attached hydrogens (tertiary/aromatic N) is 2. The highest BCUT2D eigenvalue weighted by molar-refractivity contribution is 7.91. The van der Waals surface area contributed by atoms with E-state index in [9.17, 15) is 8.42 Å². The first-order chi connectivity index (χ1) is 15.8. The Labute approximate surface area is 200 Å². The third-order valence-electron chi connectivity index (χ3n) is 6.42. The summed E-state index contributed by atoms with van der Waals surface area (Å²) in [7, 11) is -3.34. The van der Waals surface area contributed by atoms with E-state index in [0.29, 0.717) is 27.6 Å². The second-order valence-corrected chi connectivity index (χ2v) is 10.7. The second-order valence-electron chi connectivity index (χ2n) is 8.03. The van der Waals surface area contributed by atoms with Gasteiger partial charge in [0.1, 0.15) is 6.61 Å². The van der Waals surface area contributed by atoms with Gasteiger partial charge in [-0.1, -0.05) is 30.7 Å². The Hall–Kier alpha value is -2.45. The lowest BCUT2D eigenvalue weighted by Gasteiger charge is -2.32. The van der Waals surface area contributed by atoms with Crippen molar-refractivity contribution in [3.05, 3.63) is 53.7 Å². The number of quaternary nitrogens is 1. The van der Waals surface area contributed by atoms with Gasteiger partial charge >= 0.3 is 0 Å². The van der Waals surface area contributed by atoms with Crippen LogP contribution in [0.4, 0.5) is 11.5 Å². The Morgan fingerprint density at radius 3 is 2.48 bits per heavy atom. The number of fused-ring (bicyclic) bond motifs is 3. The lowest BCUT2D eigenvalue weighted by Crippen LogP contribution is -2.43. The van der Waals surface area contributed by atoms with Crippen LogP contribution in [0.15, 0.2) is 53.6 Å². The Balaban J connectivity index is 2.07. The molecule has 6 nitrogen and oxygen atoms in total. The SMILES string of the molecule is CC[N+]1(CC)c2ncc(Cl)cc2-c2c(-c3cccc(S(=O)(=O)CC)c3)ccc(OCCN)c21. The number of sulfone groups is 1. The van der Waals surface area contributed by atoms with Gasteiger partial charge in [-0.3, -0.25) is 0 Å². The van der Waals surface area contributed by atoms with Crippen LogP contribution in [0.1, 0.15) is 20.8 Å². The van der Waals surface area contributed by atoms with E-state index >= 15 is 0 Å². The molecular formula is C25H29ClN3O3S+. The van der Waals surface area contributed by atoms with Crippen LogP contribution in [0.5, 0.6) is 5.75 Å². The van der Waals surface area contributed by atoms with Gasteiger partial charge in [0.15, 0.2) is 21.3 Å². The zero-order valence-corrected chi connectivity index (χ0v) is 20.7. The van der Waals surface area contributed by atoms with E-state index in [2.05, 4.69) is 13.8 Å². The molecule has 0 amide bonds. The number of hydrogen-bond donors (Lipinski definition) is 1. The third kappa shape index (κ3) is 3.83. The number of ether oxygens (including phenoxy) is 1. The molecule has 2 N–H and O–H groups in total. The summed E-state index contributed by atoms with van der Waals surface area (Å²) in [6, 6.07) is 13.0. The molecule has 33 heavy (non-hydrogen) atoms. The molecule has 0 atom stereocenters. The maximum Gasteiger partial charge on any atom is 0.241 e. The number of hydrogen-bond acceptors (Lipinski definition) is 5. The van der Waals surface area contributed by atoms with E-state index in [1.165, 1.54) is 0 Å². The van der Waals surface area contributed by atoms with Crippen LogP contribution in [-0.2, 0) is 9.84 Å². The fourth-order valence-corrected chi connectivity index (χ4v) is 5.81. The summed E-state index contributed by atoms with van der Waals surface area (Å²) in [6.07, 6.45) is 1.68. The number of pyridine rings is 1. The van der Waals surface area contributed by atoms with E-state index in [1.54, 1.807) is 31.3 Å². The molecule has 174 valence electrons. The maximum absolute atomic E-state index is 12.6. The predicted octanol–water partition coefficient (Wildman–Crippen LogP) is 5.19. The summed E-state index contributed by atoms with van der Waals surface area (Å²) in [4.78, 5) is 5.07. The Bertz CT molecular complexity index is 1300. The van der Waals surface area contributed by atoms with E-state index in [-0.39, 0.29) is 5.75 Å². The lowest BCUT2D eigenvalue weighted by atomic mass is 9.94. The van der Waals surface area contributed by atoms with Crippen molar-refractivity contribution in [2.75, 3.05) is 32.0 Å². The van der Waals surface area contributed by atoms with Crippen molar-refractivity contribution < 1.29 is 13.2 Å². The molecule has 1 aromatic heterocycles. The normalized spacial score (nSPS) is 14.1. The highest BCUT2D eigenvalue weighted by atomic mass is 35.5. The van der Waals surface area contributed by atoms with Crippen LogP contribution >= 0.6 is 11.6 Å². The van der Waals surface area contributed by atoms with Gasteiger partial charge in [-0.15, -0.1) is 0 Å². The van der Waals surface area contributed by atoms with Crippen LogP contribution < -0.4 is 15.0 Å². The first kappa shape index (κ1) is 23.7. The minimum atomic E-state index is -3.34. The summed E-state index contributed by atoms with van der Waals surface area (Å²) in [5.41, 5.74) is 10.4. The largest absolute Gasteiger partial charge is 0.486 e. The lowest BCUT2D eigenvalue weighted by molar-refractivity contribution is 0.314. The summed E-state index contributed by atoms with van der Waals surface area (Å²) >= 11 is 6.40. The number of benzene rings is 2. The summed E-state index contributed by atoms with van der Waals surface area (Å²) in [5.74, 6) is 1.73. The minimum absolute atomic E-state index is 0.0501. The first-order valence-electron chi connectivity index (χ1n) is 11.2. The fraction of sp³-hybridized carbons (Fsp3) is 0.320. The molecule has 0 radical (unpaired) electrons. The highest BCUT2D eigenvalue weighted by Crippen LogP contribution is 2.59. The van der Waals surface area contributed by atoms with E-state index in [0.717, 1.165) is 52.6 Å². The van der Waals surface area contributed by atoms with Gasteiger partial charge in [0.25, 0.3) is 0 Å². The van der Waals surface area contributed by atoms with Crippen molar-refractivity contribution in [3.8, 4) is 28.0 Å². The molecule has 0 aliphatic carbocycles. The minimum Gasteiger partial charge on any atom is -0.486 e. The Kier molecular flexibility index (Phi) is 6.51. The predicted molar refractivity (Wildman–Crippen MR) is 135 cm³/mol. The van der Waals surface area contributed by atoms with E-state index in [4.69, 9.17) is 27.1 Å². The van der Waals surface area contributed by atoms with Crippen LogP contribution in [-0.4, -0.2) is 45.4 Å². The molecule has 3 aromatic rings. The van der Waals surface area contributed by atoms with Gasteiger partial charge in [0, 0.05) is 6.54 Å². The Morgan fingerprint density at radius 1 is 1.06 bits per heavy atom. The zero-order valence-electron chi connectivity index (χ0n) is 19.1. The molecule has 1 aliphatic heterocycles. The average Bonchev–Trinajstić information content (AvgIpc) is 3.13. The molecule has 0 bridgehead atoms. The number of halogens is 1. The second kappa shape index (κ2) is 9.06. The average molecular weight is 487 g/mol. The summed E-state index contributed by atoms with van der Waals surface area (Å²) in [5, 5.41) is 0.549. The van der Waals surface area contributed by atoms with E-state index < -0.39 is 9.84 Å². The zero-order chi connectivity index (χ0) is 23.8. The molecule has 0 spiro atoms. The van der Waals surface area contributed by atoms with Gasteiger partial charge in [-0.25, -0.2) is 17.9 Å². The summed E-state index contributed by atoms with van der Waals surface area (Å²) in [6.45, 7) is 8.27. The van der Waals surface area contributed by atoms with Crippen molar-refractivity contribution in [1.29, 1.82) is 0 Å². The van der Waals surface area contributed by atoms with Crippen LogP contribution in [0, 0.1) is 0 Å². The van der Waals surface area contributed by atoms with Gasteiger partial charge in [0.05, 0.1) is 46.1 Å². The number of rotatable bonds is 8. The Morgan fingerprint density at radius 2 is 1.82 bits per heavy atom. The maximum atomic E-state index is 12.6. The highest BCUT2D eigenvalue weighted by Gasteiger charge is 2.47. The molecule has 2 heterocycles. The topological polar surface area (TPSA) is 82.3 Å². The smallest absolute Gasteiger partial charge is 0.241 e. The molecule has 0 unspecified atom stereocenters. The van der Waals surface area contributed by atoms with Crippen LogP contribution in [0.3, 0.4) is 0 Å². The van der Waals surface area contributed by atoms with Crippen molar-refractivity contribution in [1.82, 2.24) is 9.47 Å². The van der Waals surface area contributed by atoms with Crippen molar-refractivity contribution in [3.63, 3.8) is 0 Å². The van der Waals surface area contributed by atoms with Crippen LogP contribution in [0.25, 0.3) is 22.3 Å².